The predicted molar refractivity (Wildman–Crippen MR) is 99.0 cm³/mol. The Labute approximate surface area is 145 Å². The molecule has 6 heteroatoms. The lowest BCUT2D eigenvalue weighted by atomic mass is 9.85. The van der Waals surface area contributed by atoms with Gasteiger partial charge < -0.3 is 16.4 Å². The van der Waals surface area contributed by atoms with Crippen LogP contribution in [-0.2, 0) is 4.79 Å². The van der Waals surface area contributed by atoms with Crippen LogP contribution in [0.3, 0.4) is 0 Å². The van der Waals surface area contributed by atoms with Crippen molar-refractivity contribution in [2.45, 2.75) is 58.3 Å². The quantitative estimate of drug-likeness (QED) is 0.224. The first-order valence-electron chi connectivity index (χ1n) is 8.05. The molecular formula is C15H31IN4O. The molecule has 0 atom stereocenters. The van der Waals surface area contributed by atoms with Gasteiger partial charge in [-0.3, -0.25) is 9.79 Å². The van der Waals surface area contributed by atoms with Crippen LogP contribution in [0.1, 0.15) is 58.3 Å². The van der Waals surface area contributed by atoms with Crippen molar-refractivity contribution in [2.75, 3.05) is 19.6 Å². The molecule has 1 rings (SSSR count). The van der Waals surface area contributed by atoms with E-state index in [1.165, 1.54) is 25.7 Å². The molecule has 0 aromatic heterocycles. The van der Waals surface area contributed by atoms with Gasteiger partial charge in [0, 0.05) is 25.6 Å². The lowest BCUT2D eigenvalue weighted by Crippen LogP contribution is -2.35. The van der Waals surface area contributed by atoms with Crippen LogP contribution in [-0.4, -0.2) is 31.5 Å². The van der Waals surface area contributed by atoms with E-state index >= 15 is 0 Å². The third-order valence-electron chi connectivity index (χ3n) is 3.73. The summed E-state index contributed by atoms with van der Waals surface area (Å²) in [7, 11) is 0. The highest BCUT2D eigenvalue weighted by atomic mass is 127. The van der Waals surface area contributed by atoms with Crippen LogP contribution in [0.4, 0.5) is 0 Å². The zero-order valence-electron chi connectivity index (χ0n) is 13.2. The van der Waals surface area contributed by atoms with Crippen LogP contribution in [0.5, 0.6) is 0 Å². The number of nitrogens with zero attached hydrogens (tertiary/aromatic N) is 1. The Kier molecular flexibility index (Phi) is 12.8. The van der Waals surface area contributed by atoms with Crippen LogP contribution in [0, 0.1) is 5.92 Å². The highest BCUT2D eigenvalue weighted by Crippen LogP contribution is 2.25. The summed E-state index contributed by atoms with van der Waals surface area (Å²) in [6.07, 6.45) is 9.05. The number of rotatable bonds is 10. The molecule has 1 amide bonds. The maximum absolute atomic E-state index is 11.6. The number of guanidine groups is 1. The van der Waals surface area contributed by atoms with E-state index in [4.69, 9.17) is 5.73 Å². The fourth-order valence-electron chi connectivity index (χ4n) is 2.13. The number of carbonyl (C=O) groups is 1. The summed E-state index contributed by atoms with van der Waals surface area (Å²) in [4.78, 5) is 15.8. The summed E-state index contributed by atoms with van der Waals surface area (Å²) >= 11 is 0. The Bertz CT molecular complexity index is 306. The molecule has 21 heavy (non-hydrogen) atoms. The second-order valence-corrected chi connectivity index (χ2v) is 5.53. The van der Waals surface area contributed by atoms with Crippen molar-refractivity contribution >= 4 is 35.8 Å². The van der Waals surface area contributed by atoms with Gasteiger partial charge in [-0.05, 0) is 25.7 Å². The second kappa shape index (κ2) is 13.2. The van der Waals surface area contributed by atoms with Gasteiger partial charge in [-0.1, -0.05) is 32.6 Å². The maximum Gasteiger partial charge on any atom is 0.223 e. The fourth-order valence-corrected chi connectivity index (χ4v) is 2.13. The van der Waals surface area contributed by atoms with E-state index in [-0.39, 0.29) is 35.8 Å². The molecular weight excluding hydrogens is 379 g/mol. The summed E-state index contributed by atoms with van der Waals surface area (Å²) in [6.45, 7) is 4.46. The molecule has 1 fully saturated rings. The molecule has 0 radical (unpaired) electrons. The van der Waals surface area contributed by atoms with Gasteiger partial charge in [-0.15, -0.1) is 24.0 Å². The number of amides is 1. The Morgan fingerprint density at radius 3 is 2.48 bits per heavy atom. The van der Waals surface area contributed by atoms with Crippen molar-refractivity contribution in [2.24, 2.45) is 16.6 Å². The maximum atomic E-state index is 11.6. The van der Waals surface area contributed by atoms with Crippen LogP contribution in [0.15, 0.2) is 4.99 Å². The van der Waals surface area contributed by atoms with Crippen molar-refractivity contribution in [3.63, 3.8) is 0 Å². The zero-order chi connectivity index (χ0) is 14.6. The van der Waals surface area contributed by atoms with E-state index in [9.17, 15) is 4.79 Å². The number of hydrogen-bond acceptors (Lipinski definition) is 2. The van der Waals surface area contributed by atoms with E-state index in [0.717, 1.165) is 32.2 Å². The Hall–Kier alpha value is -0.530. The number of unbranched alkanes of at least 4 members (excludes halogenated alkanes) is 3. The molecule has 0 unspecified atom stereocenters. The standard InChI is InChI=1S/C15H30N4O.HI/c1-2-3-4-5-10-18-15(16)19-12-7-11-17-14(20)13-8-6-9-13;/h13H,2-12H2,1H3,(H,17,20)(H3,16,18,19);1H. The molecule has 0 spiro atoms. The first-order chi connectivity index (χ1) is 9.74. The molecule has 0 heterocycles. The predicted octanol–water partition coefficient (Wildman–Crippen LogP) is 2.40. The van der Waals surface area contributed by atoms with Crippen LogP contribution in [0.2, 0.25) is 0 Å². The Morgan fingerprint density at radius 2 is 1.86 bits per heavy atom. The largest absolute Gasteiger partial charge is 0.370 e. The molecule has 0 saturated heterocycles. The van der Waals surface area contributed by atoms with Gasteiger partial charge in [-0.25, -0.2) is 0 Å². The Morgan fingerprint density at radius 1 is 1.14 bits per heavy atom. The van der Waals surface area contributed by atoms with E-state index in [1.54, 1.807) is 0 Å². The molecule has 0 bridgehead atoms. The van der Waals surface area contributed by atoms with E-state index in [2.05, 4.69) is 22.5 Å². The van der Waals surface area contributed by atoms with Crippen LogP contribution >= 0.6 is 24.0 Å². The lowest BCUT2D eigenvalue weighted by Gasteiger charge is -2.23. The zero-order valence-corrected chi connectivity index (χ0v) is 15.5. The van der Waals surface area contributed by atoms with E-state index < -0.39 is 0 Å². The van der Waals surface area contributed by atoms with Gasteiger partial charge in [0.05, 0.1) is 0 Å². The molecule has 124 valence electrons. The van der Waals surface area contributed by atoms with Crippen molar-refractivity contribution in [1.82, 2.24) is 10.6 Å². The lowest BCUT2D eigenvalue weighted by molar-refractivity contribution is -0.127. The van der Waals surface area contributed by atoms with Crippen molar-refractivity contribution in [1.29, 1.82) is 0 Å². The molecule has 1 saturated carbocycles. The molecule has 4 N–H and O–H groups in total. The molecule has 1 aliphatic carbocycles. The third kappa shape index (κ3) is 9.92. The topological polar surface area (TPSA) is 79.5 Å². The van der Waals surface area contributed by atoms with Crippen LogP contribution < -0.4 is 16.4 Å². The van der Waals surface area contributed by atoms with Gasteiger partial charge in [0.15, 0.2) is 5.96 Å². The van der Waals surface area contributed by atoms with E-state index in [0.29, 0.717) is 19.0 Å². The van der Waals surface area contributed by atoms with Crippen molar-refractivity contribution in [3.05, 3.63) is 0 Å². The number of halogens is 1. The summed E-state index contributed by atoms with van der Waals surface area (Å²) in [5, 5.41) is 6.07. The smallest absolute Gasteiger partial charge is 0.223 e. The van der Waals surface area contributed by atoms with E-state index in [1.807, 2.05) is 0 Å². The number of carbonyl (C=O) groups excluding carboxylic acids is 1. The van der Waals surface area contributed by atoms with Gasteiger partial charge in [0.2, 0.25) is 5.91 Å². The Balaban J connectivity index is 0.00000400. The van der Waals surface area contributed by atoms with Crippen molar-refractivity contribution < 1.29 is 4.79 Å². The number of hydrogen-bond donors (Lipinski definition) is 3. The normalized spacial score (nSPS) is 15.0. The molecule has 0 aromatic rings. The SMILES string of the molecule is CCCCCCNC(N)=NCCCNC(=O)C1CCC1.I. The molecule has 0 aromatic carbocycles. The molecule has 5 nitrogen and oxygen atoms in total. The average Bonchev–Trinajstić information content (AvgIpc) is 2.36. The number of nitrogens with two attached hydrogens (primary N) is 1. The minimum atomic E-state index is 0. The first kappa shape index (κ1) is 20.5. The van der Waals surface area contributed by atoms with Crippen molar-refractivity contribution in [3.8, 4) is 0 Å². The number of nitrogens with one attached hydrogen (secondary N) is 2. The minimum absolute atomic E-state index is 0. The number of aliphatic imine (C=N–C) groups is 1. The third-order valence-corrected chi connectivity index (χ3v) is 3.73. The molecule has 1 aliphatic rings. The van der Waals surface area contributed by atoms with Gasteiger partial charge in [0.1, 0.15) is 0 Å². The highest BCUT2D eigenvalue weighted by molar-refractivity contribution is 14.0. The monoisotopic (exact) mass is 410 g/mol. The fraction of sp³-hybridized carbons (Fsp3) is 0.867. The van der Waals surface area contributed by atoms with Gasteiger partial charge in [0.25, 0.3) is 0 Å². The minimum Gasteiger partial charge on any atom is -0.370 e. The summed E-state index contributed by atoms with van der Waals surface area (Å²) in [5.41, 5.74) is 5.76. The highest BCUT2D eigenvalue weighted by Gasteiger charge is 2.24. The first-order valence-corrected chi connectivity index (χ1v) is 8.05. The second-order valence-electron chi connectivity index (χ2n) is 5.53. The summed E-state index contributed by atoms with van der Waals surface area (Å²) in [6, 6.07) is 0. The summed E-state index contributed by atoms with van der Waals surface area (Å²) < 4.78 is 0. The van der Waals surface area contributed by atoms with Gasteiger partial charge in [-0.2, -0.15) is 0 Å². The molecule has 0 aliphatic heterocycles. The van der Waals surface area contributed by atoms with Crippen LogP contribution in [0.25, 0.3) is 0 Å². The average molecular weight is 410 g/mol. The summed E-state index contributed by atoms with van der Waals surface area (Å²) in [5.74, 6) is 1.00. The van der Waals surface area contributed by atoms with Gasteiger partial charge >= 0.3 is 0 Å².